The van der Waals surface area contributed by atoms with E-state index < -0.39 is 41.5 Å². The molecule has 9 heteroatoms. The quantitative estimate of drug-likeness (QED) is 0.656. The highest BCUT2D eigenvalue weighted by atomic mass is 19.4. The number of hydrogen-bond acceptors (Lipinski definition) is 4. The number of alkyl halides is 3. The van der Waals surface area contributed by atoms with Gasteiger partial charge in [0, 0.05) is 25.0 Å². The molecule has 0 bridgehead atoms. The highest BCUT2D eigenvalue weighted by Gasteiger charge is 2.57. The molecular weight excluding hydrogens is 437 g/mol. The lowest BCUT2D eigenvalue weighted by molar-refractivity contribution is -0.188. The smallest absolute Gasteiger partial charge is 0.444 e. The summed E-state index contributed by atoms with van der Waals surface area (Å²) in [5.74, 6) is -1.88. The summed E-state index contributed by atoms with van der Waals surface area (Å²) in [6.07, 6.45) is -3.46. The van der Waals surface area contributed by atoms with Crippen LogP contribution in [0.25, 0.3) is 0 Å². The number of hydrogen-bond donors (Lipinski definition) is 0. The molecule has 1 saturated carbocycles. The van der Waals surface area contributed by atoms with Crippen molar-refractivity contribution in [2.24, 2.45) is 0 Å². The van der Waals surface area contributed by atoms with E-state index in [2.05, 4.69) is 0 Å². The minimum atomic E-state index is -4.93. The fourth-order valence-corrected chi connectivity index (χ4v) is 5.05. The lowest BCUT2D eigenvalue weighted by atomic mass is 9.87. The Bertz CT molecular complexity index is 876. The van der Waals surface area contributed by atoms with Gasteiger partial charge in [-0.15, -0.1) is 0 Å². The molecule has 1 aliphatic carbocycles. The van der Waals surface area contributed by atoms with Crippen LogP contribution >= 0.6 is 0 Å². The Morgan fingerprint density at radius 3 is 2.33 bits per heavy atom. The van der Waals surface area contributed by atoms with Crippen LogP contribution in [0.2, 0.25) is 0 Å². The number of carbonyl (C=O) groups excluding carboxylic acids is 2. The Labute approximate surface area is 192 Å². The van der Waals surface area contributed by atoms with Gasteiger partial charge < -0.3 is 19.3 Å². The molecule has 0 unspecified atom stereocenters. The molecule has 182 valence electrons. The average molecular weight is 469 g/mol. The van der Waals surface area contributed by atoms with E-state index in [-0.39, 0.29) is 12.5 Å². The molecule has 1 spiro atoms. The highest BCUT2D eigenvalue weighted by molar-refractivity contribution is 5.83. The Balaban J connectivity index is 1.43. The van der Waals surface area contributed by atoms with E-state index >= 15 is 0 Å². The minimum Gasteiger partial charge on any atom is -0.444 e. The zero-order valence-electron chi connectivity index (χ0n) is 19.2. The third-order valence-corrected chi connectivity index (χ3v) is 6.73. The van der Waals surface area contributed by atoms with Crippen LogP contribution in [0.15, 0.2) is 30.3 Å². The van der Waals surface area contributed by atoms with Gasteiger partial charge in [0.25, 0.3) is 0 Å². The molecule has 3 fully saturated rings. The van der Waals surface area contributed by atoms with Crippen molar-refractivity contribution in [3.63, 3.8) is 0 Å². The zero-order valence-corrected chi connectivity index (χ0v) is 19.2. The van der Waals surface area contributed by atoms with Crippen molar-refractivity contribution < 1.29 is 32.2 Å². The Morgan fingerprint density at radius 2 is 1.76 bits per heavy atom. The number of rotatable bonds is 3. The van der Waals surface area contributed by atoms with E-state index in [0.29, 0.717) is 38.8 Å². The van der Waals surface area contributed by atoms with Gasteiger partial charge >= 0.3 is 18.2 Å². The molecule has 1 aromatic rings. The second-order valence-electron chi connectivity index (χ2n) is 10.3. The summed E-state index contributed by atoms with van der Waals surface area (Å²) in [7, 11) is 0. The molecule has 2 aliphatic heterocycles. The van der Waals surface area contributed by atoms with Crippen molar-refractivity contribution in [2.75, 3.05) is 19.7 Å². The first-order valence-electron chi connectivity index (χ1n) is 11.4. The molecule has 6 nitrogen and oxygen atoms in total. The van der Waals surface area contributed by atoms with Crippen molar-refractivity contribution in [3.05, 3.63) is 35.9 Å². The Hall–Kier alpha value is -2.29. The molecule has 3 atom stereocenters. The molecule has 4 rings (SSSR count). The van der Waals surface area contributed by atoms with Crippen molar-refractivity contribution in [3.8, 4) is 0 Å². The van der Waals surface area contributed by atoms with E-state index in [1.54, 1.807) is 25.7 Å². The van der Waals surface area contributed by atoms with Gasteiger partial charge in [0.15, 0.2) is 0 Å². The fraction of sp³-hybridized carbons (Fsp3) is 0.667. The lowest BCUT2D eigenvalue weighted by Crippen LogP contribution is -2.51. The first kappa shape index (κ1) is 23.9. The maximum Gasteiger partial charge on any atom is 0.471 e. The van der Waals surface area contributed by atoms with Gasteiger partial charge in [-0.3, -0.25) is 4.79 Å². The summed E-state index contributed by atoms with van der Waals surface area (Å²) in [5, 5.41) is 0. The van der Waals surface area contributed by atoms with Gasteiger partial charge in [0.05, 0.1) is 18.2 Å². The monoisotopic (exact) mass is 468 g/mol. The largest absolute Gasteiger partial charge is 0.471 e. The number of nitrogens with zero attached hydrogens (tertiary/aromatic N) is 2. The first-order chi connectivity index (χ1) is 15.4. The summed E-state index contributed by atoms with van der Waals surface area (Å²) in [6.45, 7) is 6.29. The maximum absolute atomic E-state index is 13.5. The van der Waals surface area contributed by atoms with E-state index in [1.807, 2.05) is 30.3 Å². The van der Waals surface area contributed by atoms with Gasteiger partial charge in [-0.2, -0.15) is 13.2 Å². The van der Waals surface area contributed by atoms with Crippen molar-refractivity contribution in [2.45, 2.75) is 81.8 Å². The second-order valence-corrected chi connectivity index (χ2v) is 10.3. The molecular formula is C24H31F3N2O4. The number of ether oxygens (including phenoxy) is 2. The predicted octanol–water partition coefficient (Wildman–Crippen LogP) is 4.49. The van der Waals surface area contributed by atoms with Crippen LogP contribution in [0.1, 0.15) is 57.9 Å². The molecule has 0 N–H and O–H groups in total. The van der Waals surface area contributed by atoms with Crippen LogP contribution < -0.4 is 0 Å². The normalized spacial score (nSPS) is 26.8. The SMILES string of the molecule is CC(C)(C)OC(=O)N1CCC2(CC1)C[C@H](N(C(=O)C(F)(F)F)[C@@H]1C[C@H]1c1ccccc1)CO2. The second kappa shape index (κ2) is 8.49. The molecule has 0 aromatic heterocycles. The molecule has 2 saturated heterocycles. The number of piperidine rings is 1. The zero-order chi connectivity index (χ0) is 24.0. The third kappa shape index (κ3) is 5.28. The van der Waals surface area contributed by atoms with E-state index in [1.165, 1.54) is 0 Å². The summed E-state index contributed by atoms with van der Waals surface area (Å²) in [6, 6.07) is 8.23. The third-order valence-electron chi connectivity index (χ3n) is 6.73. The summed E-state index contributed by atoms with van der Waals surface area (Å²) < 4.78 is 51.9. The molecule has 2 amide bonds. The molecule has 33 heavy (non-hydrogen) atoms. The van der Waals surface area contributed by atoms with Gasteiger partial charge in [-0.05, 0) is 52.0 Å². The predicted molar refractivity (Wildman–Crippen MR) is 115 cm³/mol. The highest BCUT2D eigenvalue weighted by Crippen LogP contribution is 2.49. The van der Waals surface area contributed by atoms with Crippen LogP contribution in [0.4, 0.5) is 18.0 Å². The average Bonchev–Trinajstić information content (AvgIpc) is 3.42. The number of carbonyl (C=O) groups is 2. The minimum absolute atomic E-state index is 0.0757. The van der Waals surface area contributed by atoms with Crippen LogP contribution in [-0.4, -0.2) is 71.0 Å². The van der Waals surface area contributed by atoms with Gasteiger partial charge in [-0.25, -0.2) is 4.79 Å². The molecule has 2 heterocycles. The summed E-state index contributed by atoms with van der Waals surface area (Å²) in [5.41, 5.74) is -0.273. The summed E-state index contributed by atoms with van der Waals surface area (Å²) in [4.78, 5) is 27.4. The van der Waals surface area contributed by atoms with Crippen molar-refractivity contribution >= 4 is 12.0 Å². The Kier molecular flexibility index (Phi) is 6.14. The lowest BCUT2D eigenvalue weighted by Gasteiger charge is -2.39. The number of amides is 2. The van der Waals surface area contributed by atoms with Crippen molar-refractivity contribution in [1.29, 1.82) is 0 Å². The van der Waals surface area contributed by atoms with E-state index in [9.17, 15) is 22.8 Å². The molecule has 1 aromatic carbocycles. The standard InChI is InChI=1S/C24H31F3N2O4/c1-22(2,3)33-21(31)28-11-9-23(10-12-28)14-17(15-32-23)29(20(30)24(25,26)27)19-13-18(19)16-7-5-4-6-8-16/h4-8,17-19H,9-15H2,1-3H3/t17-,18-,19+/m0/s1. The van der Waals surface area contributed by atoms with Gasteiger partial charge in [0.1, 0.15) is 5.60 Å². The van der Waals surface area contributed by atoms with E-state index in [0.717, 1.165) is 10.5 Å². The fourth-order valence-electron chi connectivity index (χ4n) is 5.05. The van der Waals surface area contributed by atoms with Gasteiger partial charge in [-0.1, -0.05) is 30.3 Å². The summed E-state index contributed by atoms with van der Waals surface area (Å²) >= 11 is 0. The number of likely N-dealkylation sites (tertiary alicyclic amines) is 1. The topological polar surface area (TPSA) is 59.1 Å². The van der Waals surface area contributed by atoms with Crippen LogP contribution in [-0.2, 0) is 14.3 Å². The first-order valence-corrected chi connectivity index (χ1v) is 11.4. The van der Waals surface area contributed by atoms with Crippen LogP contribution in [0.3, 0.4) is 0 Å². The number of halogens is 3. The molecule has 3 aliphatic rings. The number of benzene rings is 1. The van der Waals surface area contributed by atoms with Crippen LogP contribution in [0, 0.1) is 0 Å². The van der Waals surface area contributed by atoms with Crippen LogP contribution in [0.5, 0.6) is 0 Å². The maximum atomic E-state index is 13.5. The molecule has 0 radical (unpaired) electrons. The Morgan fingerprint density at radius 1 is 1.12 bits per heavy atom. The van der Waals surface area contributed by atoms with E-state index in [4.69, 9.17) is 9.47 Å². The van der Waals surface area contributed by atoms with Gasteiger partial charge in [0.2, 0.25) is 0 Å². The van der Waals surface area contributed by atoms with Crippen molar-refractivity contribution in [1.82, 2.24) is 9.80 Å².